The van der Waals surface area contributed by atoms with Crippen LogP contribution in [0.3, 0.4) is 0 Å². The van der Waals surface area contributed by atoms with Gasteiger partial charge in [-0.05, 0) is 55.0 Å². The predicted molar refractivity (Wildman–Crippen MR) is 115 cm³/mol. The summed E-state index contributed by atoms with van der Waals surface area (Å²) in [4.78, 5) is 28.6. The average Bonchev–Trinajstić information content (AvgIpc) is 3.23. The zero-order valence-electron chi connectivity index (χ0n) is 16.6. The number of carbonyl (C=O) groups excluding carboxylic acids is 2. The topological polar surface area (TPSA) is 98.2 Å². The van der Waals surface area contributed by atoms with Crippen LogP contribution in [0.4, 0.5) is 10.1 Å². The minimum atomic E-state index is -0.532. The lowest BCUT2D eigenvalue weighted by atomic mass is 10.1. The first-order valence-electron chi connectivity index (χ1n) is 9.46. The van der Waals surface area contributed by atoms with E-state index in [0.717, 1.165) is 0 Å². The summed E-state index contributed by atoms with van der Waals surface area (Å²) in [6, 6.07) is 17.9. The van der Waals surface area contributed by atoms with Crippen molar-refractivity contribution in [3.63, 3.8) is 0 Å². The van der Waals surface area contributed by atoms with Gasteiger partial charge in [-0.25, -0.2) is 9.37 Å². The van der Waals surface area contributed by atoms with Gasteiger partial charge in [-0.2, -0.15) is 0 Å². The van der Waals surface area contributed by atoms with E-state index in [0.29, 0.717) is 27.9 Å². The second kappa shape index (κ2) is 8.23. The standard InChI is InChI=1S/C24H18FN3O3/c1-14-12-15(10-11-16(14)22(26)29)28-23(30)17-6-2-3-7-18(17)24-27-13-21(31-24)19-8-4-5-9-20(19)25/h2-13H,1H3,(H2,26,29)(H,28,30). The Morgan fingerprint density at radius 1 is 0.968 bits per heavy atom. The van der Waals surface area contributed by atoms with Crippen molar-refractivity contribution in [1.82, 2.24) is 4.98 Å². The smallest absolute Gasteiger partial charge is 0.256 e. The number of carbonyl (C=O) groups is 2. The highest BCUT2D eigenvalue weighted by atomic mass is 19.1. The quantitative estimate of drug-likeness (QED) is 0.489. The lowest BCUT2D eigenvalue weighted by molar-refractivity contribution is 0.0997. The van der Waals surface area contributed by atoms with E-state index in [-0.39, 0.29) is 23.1 Å². The van der Waals surface area contributed by atoms with E-state index in [1.807, 2.05) is 0 Å². The molecular formula is C24H18FN3O3. The Kier molecular flexibility index (Phi) is 5.32. The largest absolute Gasteiger partial charge is 0.436 e. The zero-order chi connectivity index (χ0) is 22.0. The number of rotatable bonds is 5. The molecule has 154 valence electrons. The molecular weight excluding hydrogens is 397 g/mol. The highest BCUT2D eigenvalue weighted by Gasteiger charge is 2.18. The summed E-state index contributed by atoms with van der Waals surface area (Å²) in [5, 5.41) is 2.80. The molecule has 0 spiro atoms. The first kappa shape index (κ1) is 20.0. The number of hydrogen-bond donors (Lipinski definition) is 2. The number of primary amides is 1. The number of aromatic nitrogens is 1. The van der Waals surface area contributed by atoms with E-state index in [4.69, 9.17) is 10.2 Å². The third kappa shape index (κ3) is 4.06. The number of nitrogens with one attached hydrogen (secondary N) is 1. The minimum Gasteiger partial charge on any atom is -0.436 e. The van der Waals surface area contributed by atoms with Gasteiger partial charge in [-0.1, -0.05) is 24.3 Å². The highest BCUT2D eigenvalue weighted by molar-refractivity contribution is 6.08. The van der Waals surface area contributed by atoms with Crippen LogP contribution >= 0.6 is 0 Å². The molecule has 4 aromatic rings. The van der Waals surface area contributed by atoms with Crippen LogP contribution in [-0.2, 0) is 0 Å². The van der Waals surface area contributed by atoms with Gasteiger partial charge < -0.3 is 15.5 Å². The molecule has 3 N–H and O–H groups in total. The fraction of sp³-hybridized carbons (Fsp3) is 0.0417. The molecule has 7 heteroatoms. The van der Waals surface area contributed by atoms with Crippen LogP contribution in [-0.4, -0.2) is 16.8 Å². The van der Waals surface area contributed by atoms with E-state index >= 15 is 0 Å². The first-order chi connectivity index (χ1) is 14.9. The molecule has 0 aliphatic carbocycles. The SMILES string of the molecule is Cc1cc(NC(=O)c2ccccc2-c2ncc(-c3ccccc3F)o2)ccc1C(N)=O. The van der Waals surface area contributed by atoms with Crippen molar-refractivity contribution in [2.24, 2.45) is 5.73 Å². The van der Waals surface area contributed by atoms with Crippen molar-refractivity contribution in [3.05, 3.63) is 95.4 Å². The maximum atomic E-state index is 14.1. The minimum absolute atomic E-state index is 0.198. The first-order valence-corrected chi connectivity index (χ1v) is 9.46. The Balaban J connectivity index is 1.64. The number of oxazole rings is 1. The molecule has 1 heterocycles. The molecule has 2 amide bonds. The summed E-state index contributed by atoms with van der Waals surface area (Å²) in [5.74, 6) is -0.876. The van der Waals surface area contributed by atoms with E-state index in [9.17, 15) is 14.0 Å². The summed E-state index contributed by atoms with van der Waals surface area (Å²) >= 11 is 0. The molecule has 6 nitrogen and oxygen atoms in total. The second-order valence-electron chi connectivity index (χ2n) is 6.90. The number of nitrogens with zero attached hydrogens (tertiary/aromatic N) is 1. The third-order valence-corrected chi connectivity index (χ3v) is 4.80. The molecule has 0 unspecified atom stereocenters. The summed E-state index contributed by atoms with van der Waals surface area (Å²) in [6.07, 6.45) is 1.42. The van der Waals surface area contributed by atoms with E-state index in [2.05, 4.69) is 10.3 Å². The maximum Gasteiger partial charge on any atom is 0.256 e. The molecule has 1 aromatic heterocycles. The van der Waals surface area contributed by atoms with Crippen molar-refractivity contribution in [1.29, 1.82) is 0 Å². The maximum absolute atomic E-state index is 14.1. The van der Waals surface area contributed by atoms with Crippen molar-refractivity contribution < 1.29 is 18.4 Å². The Hall–Kier alpha value is -4.26. The molecule has 0 saturated carbocycles. The van der Waals surface area contributed by atoms with Gasteiger partial charge in [0.05, 0.1) is 17.3 Å². The number of nitrogens with two attached hydrogens (primary N) is 1. The fourth-order valence-corrected chi connectivity index (χ4v) is 3.27. The Bertz CT molecular complexity index is 1300. The molecule has 0 radical (unpaired) electrons. The second-order valence-corrected chi connectivity index (χ2v) is 6.90. The Morgan fingerprint density at radius 2 is 1.68 bits per heavy atom. The normalized spacial score (nSPS) is 10.6. The molecule has 0 aliphatic heterocycles. The van der Waals surface area contributed by atoms with Crippen LogP contribution in [0.2, 0.25) is 0 Å². The fourth-order valence-electron chi connectivity index (χ4n) is 3.27. The lowest BCUT2D eigenvalue weighted by Gasteiger charge is -2.10. The number of hydrogen-bond acceptors (Lipinski definition) is 4. The summed E-state index contributed by atoms with van der Waals surface area (Å²) in [6.45, 7) is 1.74. The van der Waals surface area contributed by atoms with E-state index in [1.54, 1.807) is 67.6 Å². The Morgan fingerprint density at radius 3 is 2.39 bits per heavy atom. The van der Waals surface area contributed by atoms with Gasteiger partial charge in [0.15, 0.2) is 5.76 Å². The van der Waals surface area contributed by atoms with Crippen LogP contribution < -0.4 is 11.1 Å². The van der Waals surface area contributed by atoms with Gasteiger partial charge in [0, 0.05) is 16.8 Å². The molecule has 31 heavy (non-hydrogen) atoms. The van der Waals surface area contributed by atoms with Gasteiger partial charge in [-0.15, -0.1) is 0 Å². The number of amides is 2. The summed E-state index contributed by atoms with van der Waals surface area (Å²) in [5.41, 5.74) is 7.97. The zero-order valence-corrected chi connectivity index (χ0v) is 16.6. The number of aryl methyl sites for hydroxylation is 1. The molecule has 0 fully saturated rings. The predicted octanol–water partition coefficient (Wildman–Crippen LogP) is 4.81. The molecule has 0 atom stereocenters. The van der Waals surface area contributed by atoms with Crippen LogP contribution in [0, 0.1) is 12.7 Å². The van der Waals surface area contributed by atoms with Gasteiger partial charge in [-0.3, -0.25) is 9.59 Å². The summed E-state index contributed by atoms with van der Waals surface area (Å²) < 4.78 is 19.8. The van der Waals surface area contributed by atoms with E-state index < -0.39 is 11.7 Å². The Labute approximate surface area is 177 Å². The van der Waals surface area contributed by atoms with Gasteiger partial charge in [0.2, 0.25) is 11.8 Å². The van der Waals surface area contributed by atoms with Gasteiger partial charge in [0.25, 0.3) is 5.91 Å². The molecule has 0 aliphatic rings. The summed E-state index contributed by atoms with van der Waals surface area (Å²) in [7, 11) is 0. The van der Waals surface area contributed by atoms with Gasteiger partial charge in [0.1, 0.15) is 5.82 Å². The van der Waals surface area contributed by atoms with Crippen molar-refractivity contribution in [3.8, 4) is 22.8 Å². The van der Waals surface area contributed by atoms with E-state index in [1.165, 1.54) is 12.3 Å². The van der Waals surface area contributed by atoms with Crippen LogP contribution in [0.5, 0.6) is 0 Å². The molecule has 0 saturated heterocycles. The monoisotopic (exact) mass is 415 g/mol. The molecule has 4 rings (SSSR count). The highest BCUT2D eigenvalue weighted by Crippen LogP contribution is 2.30. The van der Waals surface area contributed by atoms with Crippen LogP contribution in [0.1, 0.15) is 26.3 Å². The van der Waals surface area contributed by atoms with Crippen LogP contribution in [0.15, 0.2) is 77.3 Å². The van der Waals surface area contributed by atoms with Crippen LogP contribution in [0.25, 0.3) is 22.8 Å². The number of anilines is 1. The molecule has 0 bridgehead atoms. The molecule has 3 aromatic carbocycles. The third-order valence-electron chi connectivity index (χ3n) is 4.80. The van der Waals surface area contributed by atoms with Gasteiger partial charge >= 0.3 is 0 Å². The van der Waals surface area contributed by atoms with Crippen molar-refractivity contribution >= 4 is 17.5 Å². The van der Waals surface area contributed by atoms with Crippen molar-refractivity contribution in [2.45, 2.75) is 6.92 Å². The van der Waals surface area contributed by atoms with Crippen molar-refractivity contribution in [2.75, 3.05) is 5.32 Å². The average molecular weight is 415 g/mol. The lowest BCUT2D eigenvalue weighted by Crippen LogP contribution is -2.15. The number of benzene rings is 3. The number of halogens is 1.